The first-order chi connectivity index (χ1) is 21.4. The van der Waals surface area contributed by atoms with Crippen molar-refractivity contribution in [1.82, 2.24) is 31.2 Å². The van der Waals surface area contributed by atoms with E-state index in [0.717, 1.165) is 0 Å². The molecule has 1 aliphatic heterocycles. The lowest BCUT2D eigenvalue weighted by Crippen LogP contribution is -2.73. The predicted octanol–water partition coefficient (Wildman–Crippen LogP) is -1.01. The van der Waals surface area contributed by atoms with Crippen molar-refractivity contribution in [2.75, 3.05) is 0 Å². The average molecular weight is 622 g/mol. The van der Waals surface area contributed by atoms with Crippen LogP contribution in [0.25, 0.3) is 0 Å². The second kappa shape index (κ2) is 14.0. The third kappa shape index (κ3) is 8.56. The Labute approximate surface area is 255 Å². The van der Waals surface area contributed by atoms with Gasteiger partial charge in [-0.15, -0.1) is 0 Å². The van der Waals surface area contributed by atoms with Crippen molar-refractivity contribution >= 4 is 35.7 Å². The van der Waals surface area contributed by atoms with Gasteiger partial charge in [-0.25, -0.2) is 9.78 Å². The number of imidazole rings is 1. The Bertz CT molecular complexity index is 1540. The summed E-state index contributed by atoms with van der Waals surface area (Å²) in [7, 11) is 0. The van der Waals surface area contributed by atoms with E-state index in [0.29, 0.717) is 16.8 Å². The molecular formula is C29H31N7O9. The standard InChI is InChI=1S/C29H31N7O9/c30-24(40)20(10-16-4-2-1-3-5-16)33-25(41)21(11-18-14-31-15-32-18)34-26(42)22(12-23(38)39)35-27(43)29(36-28(44)45-29)13-17-6-8-19(37)9-7-17/h1-9,14-15,20-22,37H,10-13H2,(H2,30,40)(H,31,32)(H,33,41)(H,34,42)(H,35,43)(H,36,44)(H,38,39)/t20-,21-,22-,29+/m0/s1. The summed E-state index contributed by atoms with van der Waals surface area (Å²) in [5.41, 5.74) is 5.10. The SMILES string of the molecule is NC(=O)[C@H](Cc1ccccc1)NC(=O)[C@H](Cc1c[nH]cn1)NC(=O)[C@H](CC(=O)O)NC(=O)[C@]1(Cc2ccc(O)cc2)NC(=O)O1. The molecule has 3 aromatic rings. The summed E-state index contributed by atoms with van der Waals surface area (Å²) in [4.78, 5) is 82.4. The highest BCUT2D eigenvalue weighted by Gasteiger charge is 2.53. The lowest BCUT2D eigenvalue weighted by atomic mass is 9.98. The van der Waals surface area contributed by atoms with Gasteiger partial charge in [0.25, 0.3) is 11.6 Å². The van der Waals surface area contributed by atoms with Gasteiger partial charge < -0.3 is 41.6 Å². The minimum Gasteiger partial charge on any atom is -0.508 e. The number of nitrogens with two attached hydrogens (primary N) is 1. The Hall–Kier alpha value is -5.93. The fourth-order valence-electron chi connectivity index (χ4n) is 4.59. The maximum absolute atomic E-state index is 13.4. The van der Waals surface area contributed by atoms with Gasteiger partial charge in [0.1, 0.15) is 23.9 Å². The number of hydrogen-bond acceptors (Lipinski definition) is 9. The van der Waals surface area contributed by atoms with E-state index < -0.39 is 66.0 Å². The van der Waals surface area contributed by atoms with Crippen molar-refractivity contribution in [2.45, 2.75) is 49.5 Å². The number of benzene rings is 2. The van der Waals surface area contributed by atoms with Gasteiger partial charge in [-0.1, -0.05) is 42.5 Å². The molecule has 16 heteroatoms. The number of ether oxygens (including phenoxy) is 1. The molecule has 0 spiro atoms. The molecule has 0 saturated carbocycles. The molecule has 45 heavy (non-hydrogen) atoms. The Balaban J connectivity index is 1.51. The summed E-state index contributed by atoms with van der Waals surface area (Å²) >= 11 is 0. The van der Waals surface area contributed by atoms with Crippen LogP contribution in [-0.4, -0.2) is 79.7 Å². The molecule has 16 nitrogen and oxygen atoms in total. The third-order valence-electron chi connectivity index (χ3n) is 6.87. The molecule has 4 rings (SSSR count). The van der Waals surface area contributed by atoms with Crippen LogP contribution in [-0.2, 0) is 48.0 Å². The van der Waals surface area contributed by atoms with E-state index >= 15 is 0 Å². The van der Waals surface area contributed by atoms with Gasteiger partial charge in [-0.2, -0.15) is 0 Å². The number of carbonyl (C=O) groups excluding carboxylic acids is 5. The molecule has 2 heterocycles. The fourth-order valence-corrected chi connectivity index (χ4v) is 4.59. The molecule has 0 bridgehead atoms. The molecule has 1 saturated heterocycles. The first-order valence-electron chi connectivity index (χ1n) is 13.7. The number of primary amides is 1. The zero-order valence-electron chi connectivity index (χ0n) is 23.7. The molecule has 236 valence electrons. The molecule has 0 radical (unpaired) electrons. The molecular weight excluding hydrogens is 590 g/mol. The zero-order chi connectivity index (χ0) is 32.6. The molecule has 9 N–H and O–H groups in total. The highest BCUT2D eigenvalue weighted by atomic mass is 16.6. The number of aromatic hydroxyl groups is 1. The number of carboxylic acids is 1. The van der Waals surface area contributed by atoms with Gasteiger partial charge in [0.15, 0.2) is 0 Å². The van der Waals surface area contributed by atoms with Crippen LogP contribution < -0.4 is 27.0 Å². The first kappa shape index (κ1) is 32.0. The number of hydrogen-bond donors (Lipinski definition) is 8. The fraction of sp³-hybridized carbons (Fsp3) is 0.276. The summed E-state index contributed by atoms with van der Waals surface area (Å²) in [6.45, 7) is 0. The molecule has 4 atom stereocenters. The summed E-state index contributed by atoms with van der Waals surface area (Å²) in [6.07, 6.45) is 0.692. The number of carboxylic acid groups (broad SMARTS) is 1. The number of aromatic nitrogens is 2. The van der Waals surface area contributed by atoms with Crippen molar-refractivity contribution in [1.29, 1.82) is 0 Å². The Morgan fingerprint density at radius 3 is 2.11 bits per heavy atom. The number of aliphatic carboxylic acids is 1. The van der Waals surface area contributed by atoms with Crippen LogP contribution >= 0.6 is 0 Å². The zero-order valence-corrected chi connectivity index (χ0v) is 23.7. The van der Waals surface area contributed by atoms with E-state index in [-0.39, 0.29) is 25.0 Å². The van der Waals surface area contributed by atoms with Crippen LogP contribution in [0, 0.1) is 0 Å². The minimum atomic E-state index is -1.97. The number of nitrogens with zero attached hydrogens (tertiary/aromatic N) is 1. The predicted molar refractivity (Wildman–Crippen MR) is 154 cm³/mol. The number of H-pyrrole nitrogens is 1. The molecule has 1 aliphatic rings. The largest absolute Gasteiger partial charge is 0.508 e. The van der Waals surface area contributed by atoms with Crippen LogP contribution in [0.1, 0.15) is 23.2 Å². The van der Waals surface area contributed by atoms with E-state index in [1.165, 1.54) is 36.8 Å². The second-order valence-electron chi connectivity index (χ2n) is 10.3. The van der Waals surface area contributed by atoms with Crippen LogP contribution in [0.4, 0.5) is 4.79 Å². The summed E-state index contributed by atoms with van der Waals surface area (Å²) in [5, 5.41) is 28.6. The van der Waals surface area contributed by atoms with E-state index in [2.05, 4.69) is 31.2 Å². The Kier molecular flexibility index (Phi) is 9.97. The minimum absolute atomic E-state index is 0.0374. The normalized spacial score (nSPS) is 17.3. The molecule has 0 aliphatic carbocycles. The monoisotopic (exact) mass is 621 g/mol. The van der Waals surface area contributed by atoms with E-state index in [1.807, 2.05) is 0 Å². The number of amides is 5. The number of carbonyl (C=O) groups is 6. The van der Waals surface area contributed by atoms with Gasteiger partial charge in [0.05, 0.1) is 18.4 Å². The number of rotatable bonds is 15. The van der Waals surface area contributed by atoms with E-state index in [9.17, 15) is 39.0 Å². The molecule has 1 fully saturated rings. The van der Waals surface area contributed by atoms with Crippen LogP contribution in [0.5, 0.6) is 5.75 Å². The van der Waals surface area contributed by atoms with E-state index in [1.54, 1.807) is 30.3 Å². The Morgan fingerprint density at radius 2 is 1.53 bits per heavy atom. The first-order valence-corrected chi connectivity index (χ1v) is 13.7. The van der Waals surface area contributed by atoms with Crippen LogP contribution in [0.15, 0.2) is 67.1 Å². The van der Waals surface area contributed by atoms with Crippen molar-refractivity contribution < 1.29 is 43.7 Å². The highest BCUT2D eigenvalue weighted by molar-refractivity contribution is 5.99. The quantitative estimate of drug-likeness (QED) is 0.103. The van der Waals surface area contributed by atoms with Gasteiger partial charge in [0.2, 0.25) is 17.7 Å². The lowest BCUT2D eigenvalue weighted by molar-refractivity contribution is -0.157. The van der Waals surface area contributed by atoms with Gasteiger partial charge >= 0.3 is 12.1 Å². The Morgan fingerprint density at radius 1 is 0.889 bits per heavy atom. The van der Waals surface area contributed by atoms with Gasteiger partial charge in [0, 0.05) is 25.5 Å². The third-order valence-corrected chi connectivity index (χ3v) is 6.87. The summed E-state index contributed by atoms with van der Waals surface area (Å²) in [6, 6.07) is 10.2. The van der Waals surface area contributed by atoms with Crippen LogP contribution in [0.3, 0.4) is 0 Å². The average Bonchev–Trinajstić information content (AvgIpc) is 3.49. The number of nitrogens with one attached hydrogen (secondary N) is 5. The number of phenols is 1. The lowest BCUT2D eigenvalue weighted by Gasteiger charge is -2.40. The summed E-state index contributed by atoms with van der Waals surface area (Å²) < 4.78 is 5.09. The maximum atomic E-state index is 13.4. The number of phenolic OH excluding ortho intramolecular Hbond substituents is 1. The van der Waals surface area contributed by atoms with Crippen LogP contribution in [0.2, 0.25) is 0 Å². The highest BCUT2D eigenvalue weighted by Crippen LogP contribution is 2.25. The molecule has 0 unspecified atom stereocenters. The molecule has 2 aromatic carbocycles. The maximum Gasteiger partial charge on any atom is 0.413 e. The van der Waals surface area contributed by atoms with Crippen molar-refractivity contribution in [2.24, 2.45) is 5.73 Å². The number of cyclic esters (lactones) is 1. The topological polar surface area (TPSA) is 255 Å². The van der Waals surface area contributed by atoms with Crippen molar-refractivity contribution in [3.8, 4) is 5.75 Å². The second-order valence-corrected chi connectivity index (χ2v) is 10.3. The van der Waals surface area contributed by atoms with E-state index in [4.69, 9.17) is 10.5 Å². The van der Waals surface area contributed by atoms with Gasteiger partial charge in [-0.3, -0.25) is 29.3 Å². The molecule has 5 amide bonds. The van der Waals surface area contributed by atoms with Gasteiger partial charge in [-0.05, 0) is 23.3 Å². The molecule has 1 aromatic heterocycles. The van der Waals surface area contributed by atoms with Crippen molar-refractivity contribution in [3.63, 3.8) is 0 Å². The number of aromatic amines is 1. The smallest absolute Gasteiger partial charge is 0.413 e. The summed E-state index contributed by atoms with van der Waals surface area (Å²) in [5.74, 6) is -5.21. The van der Waals surface area contributed by atoms with Crippen molar-refractivity contribution in [3.05, 3.63) is 83.9 Å².